The zero-order chi connectivity index (χ0) is 13.8. The average Bonchev–Trinajstić information content (AvgIpc) is 2.78. The summed E-state index contributed by atoms with van der Waals surface area (Å²) >= 11 is 0. The van der Waals surface area contributed by atoms with E-state index in [2.05, 4.69) is 10.2 Å². The summed E-state index contributed by atoms with van der Waals surface area (Å²) in [4.78, 5) is 14.0. The number of amides is 1. The molecule has 0 aromatic heterocycles. The molecule has 1 unspecified atom stereocenters. The van der Waals surface area contributed by atoms with Gasteiger partial charge in [0.2, 0.25) is 5.91 Å². The first-order chi connectivity index (χ1) is 9.06. The molecule has 0 aliphatic carbocycles. The van der Waals surface area contributed by atoms with Crippen LogP contribution < -0.4 is 11.1 Å². The van der Waals surface area contributed by atoms with Gasteiger partial charge in [-0.1, -0.05) is 6.07 Å². The fraction of sp³-hybridized carbons (Fsp3) is 0.500. The SMILES string of the molecule is Cc1c(N)cccc1NC(=O)CCN1CCC(O)C1. The van der Waals surface area contributed by atoms with Crippen LogP contribution in [0.2, 0.25) is 0 Å². The van der Waals surface area contributed by atoms with Gasteiger partial charge in [-0.3, -0.25) is 4.79 Å². The molecule has 104 valence electrons. The molecule has 0 bridgehead atoms. The van der Waals surface area contributed by atoms with Crippen LogP contribution in [0.1, 0.15) is 18.4 Å². The topological polar surface area (TPSA) is 78.6 Å². The van der Waals surface area contributed by atoms with Gasteiger partial charge >= 0.3 is 0 Å². The molecule has 1 fully saturated rings. The van der Waals surface area contributed by atoms with Crippen LogP contribution in [0.3, 0.4) is 0 Å². The molecule has 1 heterocycles. The Labute approximate surface area is 113 Å². The lowest BCUT2D eigenvalue weighted by Gasteiger charge is -2.15. The normalized spacial score (nSPS) is 19.6. The van der Waals surface area contributed by atoms with E-state index in [1.54, 1.807) is 0 Å². The number of benzene rings is 1. The molecule has 1 saturated heterocycles. The second-order valence-electron chi connectivity index (χ2n) is 5.06. The van der Waals surface area contributed by atoms with Crippen LogP contribution in [-0.4, -0.2) is 41.7 Å². The molecule has 1 atom stereocenters. The zero-order valence-electron chi connectivity index (χ0n) is 11.2. The number of nitrogens with two attached hydrogens (primary N) is 1. The molecule has 0 saturated carbocycles. The van der Waals surface area contributed by atoms with E-state index in [0.29, 0.717) is 25.2 Å². The van der Waals surface area contributed by atoms with Gasteiger partial charge in [0.25, 0.3) is 0 Å². The molecule has 0 spiro atoms. The molecule has 1 amide bonds. The molecular formula is C14H21N3O2. The van der Waals surface area contributed by atoms with Crippen LogP contribution in [-0.2, 0) is 4.79 Å². The number of nitrogen functional groups attached to an aromatic ring is 1. The third-order valence-corrected chi connectivity index (χ3v) is 3.55. The van der Waals surface area contributed by atoms with Gasteiger partial charge in [0, 0.05) is 37.4 Å². The van der Waals surface area contributed by atoms with Crippen molar-refractivity contribution in [1.29, 1.82) is 0 Å². The molecular weight excluding hydrogens is 242 g/mol. The minimum absolute atomic E-state index is 0.0184. The fourth-order valence-corrected chi connectivity index (χ4v) is 2.28. The third kappa shape index (κ3) is 3.68. The lowest BCUT2D eigenvalue weighted by atomic mass is 10.1. The summed E-state index contributed by atoms with van der Waals surface area (Å²) in [5, 5.41) is 12.3. The largest absolute Gasteiger partial charge is 0.398 e. The summed E-state index contributed by atoms with van der Waals surface area (Å²) < 4.78 is 0. The maximum absolute atomic E-state index is 11.9. The van der Waals surface area contributed by atoms with Gasteiger partial charge in [-0.15, -0.1) is 0 Å². The number of anilines is 2. The van der Waals surface area contributed by atoms with Gasteiger partial charge in [0.05, 0.1) is 6.10 Å². The standard InChI is InChI=1S/C14H21N3O2/c1-10-12(15)3-2-4-13(10)16-14(19)6-8-17-7-5-11(18)9-17/h2-4,11,18H,5-9,15H2,1H3,(H,16,19). The minimum Gasteiger partial charge on any atom is -0.398 e. The third-order valence-electron chi connectivity index (χ3n) is 3.55. The van der Waals surface area contributed by atoms with Crippen molar-refractivity contribution < 1.29 is 9.90 Å². The Morgan fingerprint density at radius 2 is 2.37 bits per heavy atom. The van der Waals surface area contributed by atoms with E-state index >= 15 is 0 Å². The van der Waals surface area contributed by atoms with E-state index in [4.69, 9.17) is 5.73 Å². The molecule has 1 aliphatic heterocycles. The highest BCUT2D eigenvalue weighted by atomic mass is 16.3. The maximum Gasteiger partial charge on any atom is 0.225 e. The van der Waals surface area contributed by atoms with Crippen LogP contribution in [0.4, 0.5) is 11.4 Å². The second-order valence-corrected chi connectivity index (χ2v) is 5.06. The minimum atomic E-state index is -0.237. The average molecular weight is 263 g/mol. The zero-order valence-corrected chi connectivity index (χ0v) is 11.2. The molecule has 4 N–H and O–H groups in total. The van der Waals surface area contributed by atoms with Gasteiger partial charge < -0.3 is 21.1 Å². The summed E-state index contributed by atoms with van der Waals surface area (Å²) in [5.41, 5.74) is 8.14. The lowest BCUT2D eigenvalue weighted by Crippen LogP contribution is -2.26. The second kappa shape index (κ2) is 6.04. The number of carbonyl (C=O) groups excluding carboxylic acids is 1. The highest BCUT2D eigenvalue weighted by Crippen LogP contribution is 2.20. The maximum atomic E-state index is 11.9. The molecule has 5 nitrogen and oxygen atoms in total. The van der Waals surface area contributed by atoms with E-state index in [1.165, 1.54) is 0 Å². The first-order valence-corrected chi connectivity index (χ1v) is 6.61. The first kappa shape index (κ1) is 13.8. The van der Waals surface area contributed by atoms with Crippen LogP contribution in [0.25, 0.3) is 0 Å². The lowest BCUT2D eigenvalue weighted by molar-refractivity contribution is -0.116. The van der Waals surface area contributed by atoms with Crippen molar-refractivity contribution in [3.63, 3.8) is 0 Å². The number of β-amino-alcohol motifs (C(OH)–C–C–N with tert-alkyl or cyclic N) is 1. The molecule has 1 aromatic rings. The van der Waals surface area contributed by atoms with Gasteiger partial charge in [-0.05, 0) is 31.0 Å². The number of nitrogens with zero attached hydrogens (tertiary/aromatic N) is 1. The molecule has 5 heteroatoms. The molecule has 2 rings (SSSR count). The van der Waals surface area contributed by atoms with Gasteiger partial charge in [-0.2, -0.15) is 0 Å². The van der Waals surface area contributed by atoms with Crippen LogP contribution in [0.15, 0.2) is 18.2 Å². The number of hydrogen-bond donors (Lipinski definition) is 3. The number of carbonyl (C=O) groups is 1. The summed E-state index contributed by atoms with van der Waals surface area (Å²) in [7, 11) is 0. The number of aliphatic hydroxyl groups is 1. The molecule has 19 heavy (non-hydrogen) atoms. The fourth-order valence-electron chi connectivity index (χ4n) is 2.28. The summed E-state index contributed by atoms with van der Waals surface area (Å²) in [5.74, 6) is -0.0184. The first-order valence-electron chi connectivity index (χ1n) is 6.61. The van der Waals surface area contributed by atoms with E-state index in [0.717, 1.165) is 24.2 Å². The van der Waals surface area contributed by atoms with Gasteiger partial charge in [0.1, 0.15) is 0 Å². The molecule has 1 aliphatic rings. The highest BCUT2D eigenvalue weighted by molar-refractivity contribution is 5.92. The number of hydrogen-bond acceptors (Lipinski definition) is 4. The smallest absolute Gasteiger partial charge is 0.225 e. The predicted molar refractivity (Wildman–Crippen MR) is 75.9 cm³/mol. The van der Waals surface area contributed by atoms with Gasteiger partial charge in [-0.25, -0.2) is 0 Å². The van der Waals surface area contributed by atoms with Crippen molar-refractivity contribution in [3.05, 3.63) is 23.8 Å². The summed E-state index contributed by atoms with van der Waals surface area (Å²) in [6.45, 7) is 4.11. The van der Waals surface area contributed by atoms with Gasteiger partial charge in [0.15, 0.2) is 0 Å². The highest BCUT2D eigenvalue weighted by Gasteiger charge is 2.20. The van der Waals surface area contributed by atoms with E-state index in [-0.39, 0.29) is 12.0 Å². The summed E-state index contributed by atoms with van der Waals surface area (Å²) in [6.07, 6.45) is 0.996. The van der Waals surface area contributed by atoms with Crippen molar-refractivity contribution in [3.8, 4) is 0 Å². The monoisotopic (exact) mass is 263 g/mol. The predicted octanol–water partition coefficient (Wildman–Crippen LogP) is 0.972. The Bertz CT molecular complexity index is 462. The van der Waals surface area contributed by atoms with Crippen molar-refractivity contribution >= 4 is 17.3 Å². The number of likely N-dealkylation sites (tertiary alicyclic amines) is 1. The van der Waals surface area contributed by atoms with E-state index in [9.17, 15) is 9.90 Å². The molecule has 0 radical (unpaired) electrons. The Balaban J connectivity index is 1.82. The Morgan fingerprint density at radius 3 is 3.05 bits per heavy atom. The number of aliphatic hydroxyl groups excluding tert-OH is 1. The molecule has 1 aromatic carbocycles. The van der Waals surface area contributed by atoms with Crippen LogP contribution >= 0.6 is 0 Å². The number of nitrogens with one attached hydrogen (secondary N) is 1. The van der Waals surface area contributed by atoms with Crippen molar-refractivity contribution in [2.24, 2.45) is 0 Å². The summed E-state index contributed by atoms with van der Waals surface area (Å²) in [6, 6.07) is 5.49. The van der Waals surface area contributed by atoms with Crippen molar-refractivity contribution in [1.82, 2.24) is 4.90 Å². The quantitative estimate of drug-likeness (QED) is 0.707. The Kier molecular flexibility index (Phi) is 4.39. The van der Waals surface area contributed by atoms with E-state index < -0.39 is 0 Å². The Morgan fingerprint density at radius 1 is 1.58 bits per heavy atom. The van der Waals surface area contributed by atoms with E-state index in [1.807, 2.05) is 25.1 Å². The van der Waals surface area contributed by atoms with Crippen molar-refractivity contribution in [2.45, 2.75) is 25.9 Å². The van der Waals surface area contributed by atoms with Crippen molar-refractivity contribution in [2.75, 3.05) is 30.7 Å². The van der Waals surface area contributed by atoms with Crippen LogP contribution in [0.5, 0.6) is 0 Å². The number of rotatable bonds is 4. The van der Waals surface area contributed by atoms with Crippen LogP contribution in [0, 0.1) is 6.92 Å². The Hall–Kier alpha value is -1.59.